The second-order valence-corrected chi connectivity index (χ2v) is 6.82. The fraction of sp³-hybridized carbons (Fsp3) is 0.538. The molecule has 0 heterocycles. The third-order valence-corrected chi connectivity index (χ3v) is 5.58. The van der Waals surface area contributed by atoms with E-state index in [9.17, 15) is 8.42 Å². The first-order chi connectivity index (χ1) is 8.96. The van der Waals surface area contributed by atoms with Gasteiger partial charge in [-0.2, -0.15) is 4.31 Å². The van der Waals surface area contributed by atoms with E-state index in [1.165, 1.54) is 4.31 Å². The maximum Gasteiger partial charge on any atom is 0.245 e. The number of nitrogen functional groups attached to an aromatic ring is 1. The molecule has 0 spiro atoms. The van der Waals surface area contributed by atoms with Crippen LogP contribution in [0.2, 0.25) is 0 Å². The fourth-order valence-corrected chi connectivity index (χ4v) is 4.08. The van der Waals surface area contributed by atoms with Crippen molar-refractivity contribution in [3.63, 3.8) is 0 Å². The number of sulfonamides is 1. The molecular formula is C13H20N2O3S. The largest absolute Gasteiger partial charge is 0.398 e. The molecule has 0 radical (unpaired) electrons. The Labute approximate surface area is 114 Å². The molecule has 0 amide bonds. The van der Waals surface area contributed by atoms with Crippen molar-refractivity contribution in [1.82, 2.24) is 4.31 Å². The van der Waals surface area contributed by atoms with E-state index in [0.717, 1.165) is 24.8 Å². The minimum absolute atomic E-state index is 0.00199. The van der Waals surface area contributed by atoms with Crippen molar-refractivity contribution in [2.75, 3.05) is 18.9 Å². The summed E-state index contributed by atoms with van der Waals surface area (Å²) in [4.78, 5) is 0.137. The molecule has 19 heavy (non-hydrogen) atoms. The number of aliphatic hydroxyl groups is 1. The third-order valence-electron chi connectivity index (χ3n) is 3.55. The number of nitrogens with zero attached hydrogens (tertiary/aromatic N) is 1. The van der Waals surface area contributed by atoms with Gasteiger partial charge < -0.3 is 10.8 Å². The number of rotatable bonds is 5. The molecule has 0 atom stereocenters. The Bertz CT molecular complexity index is 553. The Morgan fingerprint density at radius 2 is 2.11 bits per heavy atom. The zero-order valence-electron chi connectivity index (χ0n) is 11.0. The predicted molar refractivity (Wildman–Crippen MR) is 74.2 cm³/mol. The van der Waals surface area contributed by atoms with Gasteiger partial charge in [0.25, 0.3) is 0 Å². The van der Waals surface area contributed by atoms with Gasteiger partial charge in [0.05, 0.1) is 12.3 Å². The summed E-state index contributed by atoms with van der Waals surface area (Å²) in [7, 11) is -3.62. The quantitative estimate of drug-likeness (QED) is 0.793. The van der Waals surface area contributed by atoms with E-state index in [4.69, 9.17) is 10.8 Å². The molecule has 0 aliphatic heterocycles. The average molecular weight is 284 g/mol. The first-order valence-electron chi connectivity index (χ1n) is 6.45. The van der Waals surface area contributed by atoms with Crippen molar-refractivity contribution in [3.8, 4) is 0 Å². The van der Waals surface area contributed by atoms with Gasteiger partial charge in [-0.25, -0.2) is 8.42 Å². The second kappa shape index (κ2) is 5.48. The summed E-state index contributed by atoms with van der Waals surface area (Å²) >= 11 is 0. The monoisotopic (exact) mass is 284 g/mol. The van der Waals surface area contributed by atoms with Crippen LogP contribution >= 0.6 is 0 Å². The predicted octanol–water partition coefficient (Wildman–Crippen LogP) is 1.11. The van der Waals surface area contributed by atoms with Crippen LogP contribution in [-0.2, 0) is 10.0 Å². The lowest BCUT2D eigenvalue weighted by atomic mass is 9.93. The van der Waals surface area contributed by atoms with Crippen LogP contribution in [0.3, 0.4) is 0 Å². The van der Waals surface area contributed by atoms with Gasteiger partial charge in [0.1, 0.15) is 4.90 Å². The Balaban J connectivity index is 2.38. The molecule has 0 bridgehead atoms. The normalized spacial score (nSPS) is 16.6. The Morgan fingerprint density at radius 3 is 2.58 bits per heavy atom. The molecule has 0 unspecified atom stereocenters. The average Bonchev–Trinajstić information content (AvgIpc) is 2.25. The van der Waals surface area contributed by atoms with Gasteiger partial charge in [0.15, 0.2) is 0 Å². The van der Waals surface area contributed by atoms with Crippen LogP contribution in [0.1, 0.15) is 24.8 Å². The van der Waals surface area contributed by atoms with Crippen LogP contribution in [-0.4, -0.2) is 37.0 Å². The van der Waals surface area contributed by atoms with E-state index in [0.29, 0.717) is 0 Å². The maximum absolute atomic E-state index is 12.6. The van der Waals surface area contributed by atoms with Gasteiger partial charge in [-0.3, -0.25) is 0 Å². The van der Waals surface area contributed by atoms with E-state index in [1.54, 1.807) is 18.2 Å². The molecule has 1 aliphatic rings. The Kier molecular flexibility index (Phi) is 4.13. The van der Waals surface area contributed by atoms with Crippen LogP contribution in [0.4, 0.5) is 5.69 Å². The van der Waals surface area contributed by atoms with E-state index >= 15 is 0 Å². The van der Waals surface area contributed by atoms with E-state index in [2.05, 4.69) is 0 Å². The van der Waals surface area contributed by atoms with Gasteiger partial charge in [-0.1, -0.05) is 12.5 Å². The van der Waals surface area contributed by atoms with E-state index < -0.39 is 10.0 Å². The molecule has 1 saturated carbocycles. The molecule has 0 saturated heterocycles. The van der Waals surface area contributed by atoms with Gasteiger partial charge in [0, 0.05) is 12.6 Å². The van der Waals surface area contributed by atoms with Crippen LogP contribution in [0.15, 0.2) is 23.1 Å². The minimum atomic E-state index is -3.62. The SMILES string of the molecule is Cc1ccc(S(=O)(=O)N(CCO)C2CCC2)c(N)c1. The Hall–Kier alpha value is -1.11. The molecule has 1 fully saturated rings. The number of hydrogen-bond donors (Lipinski definition) is 2. The van der Waals surface area contributed by atoms with Crippen LogP contribution < -0.4 is 5.73 Å². The molecule has 106 valence electrons. The molecule has 1 aromatic rings. The van der Waals surface area contributed by atoms with Gasteiger partial charge in [-0.15, -0.1) is 0 Å². The third kappa shape index (κ3) is 2.75. The summed E-state index contributed by atoms with van der Waals surface area (Å²) < 4.78 is 26.6. The molecule has 2 rings (SSSR count). The van der Waals surface area contributed by atoms with Crippen molar-refractivity contribution < 1.29 is 13.5 Å². The summed E-state index contributed by atoms with van der Waals surface area (Å²) in [5.74, 6) is 0. The number of anilines is 1. The van der Waals surface area contributed by atoms with Crippen LogP contribution in [0.5, 0.6) is 0 Å². The maximum atomic E-state index is 12.6. The van der Waals surface area contributed by atoms with Gasteiger partial charge in [0.2, 0.25) is 10.0 Å². The van der Waals surface area contributed by atoms with Crippen molar-refractivity contribution in [2.45, 2.75) is 37.1 Å². The van der Waals surface area contributed by atoms with Crippen molar-refractivity contribution >= 4 is 15.7 Å². The lowest BCUT2D eigenvalue weighted by Gasteiger charge is -2.36. The summed E-state index contributed by atoms with van der Waals surface area (Å²) in [5.41, 5.74) is 7.02. The first-order valence-corrected chi connectivity index (χ1v) is 7.89. The molecule has 1 aromatic carbocycles. The summed E-state index contributed by atoms with van der Waals surface area (Å²) in [6.07, 6.45) is 2.74. The Morgan fingerprint density at radius 1 is 1.42 bits per heavy atom. The number of aryl methyl sites for hydroxylation is 1. The highest BCUT2D eigenvalue weighted by molar-refractivity contribution is 7.89. The van der Waals surface area contributed by atoms with Crippen LogP contribution in [0.25, 0.3) is 0 Å². The zero-order valence-corrected chi connectivity index (χ0v) is 11.9. The molecule has 1 aliphatic carbocycles. The highest BCUT2D eigenvalue weighted by Gasteiger charge is 2.35. The highest BCUT2D eigenvalue weighted by Crippen LogP contribution is 2.31. The highest BCUT2D eigenvalue weighted by atomic mass is 32.2. The summed E-state index contributed by atoms with van der Waals surface area (Å²) in [5, 5.41) is 9.09. The molecular weight excluding hydrogens is 264 g/mol. The smallest absolute Gasteiger partial charge is 0.245 e. The van der Waals surface area contributed by atoms with Crippen LogP contribution in [0, 0.1) is 6.92 Å². The second-order valence-electron chi connectivity index (χ2n) is 4.97. The number of nitrogens with two attached hydrogens (primary N) is 1. The number of hydrogen-bond acceptors (Lipinski definition) is 4. The molecule has 6 heteroatoms. The summed E-state index contributed by atoms with van der Waals surface area (Å²) in [6, 6.07) is 4.94. The first kappa shape index (κ1) is 14.3. The van der Waals surface area contributed by atoms with Crippen molar-refractivity contribution in [3.05, 3.63) is 23.8 Å². The lowest BCUT2D eigenvalue weighted by molar-refractivity contribution is 0.178. The standard InChI is InChI=1S/C13H20N2O3S/c1-10-5-6-13(12(14)9-10)19(17,18)15(7-8-16)11-3-2-4-11/h5-6,9,11,16H,2-4,7-8,14H2,1H3. The fourth-order valence-electron chi connectivity index (χ4n) is 2.30. The van der Waals surface area contributed by atoms with E-state index in [-0.39, 0.29) is 29.8 Å². The minimum Gasteiger partial charge on any atom is -0.398 e. The molecule has 3 N–H and O–H groups in total. The topological polar surface area (TPSA) is 83.6 Å². The number of aliphatic hydroxyl groups excluding tert-OH is 1. The molecule has 5 nitrogen and oxygen atoms in total. The van der Waals surface area contributed by atoms with Crippen molar-refractivity contribution in [1.29, 1.82) is 0 Å². The van der Waals surface area contributed by atoms with E-state index in [1.807, 2.05) is 6.92 Å². The van der Waals surface area contributed by atoms with Crippen molar-refractivity contribution in [2.24, 2.45) is 0 Å². The van der Waals surface area contributed by atoms with Gasteiger partial charge >= 0.3 is 0 Å². The summed E-state index contributed by atoms with van der Waals surface area (Å²) in [6.45, 7) is 1.81. The number of benzene rings is 1. The van der Waals surface area contributed by atoms with Gasteiger partial charge in [-0.05, 0) is 37.5 Å². The molecule has 0 aromatic heterocycles. The zero-order chi connectivity index (χ0) is 14.0. The lowest BCUT2D eigenvalue weighted by Crippen LogP contribution is -2.45.